The summed E-state index contributed by atoms with van der Waals surface area (Å²) < 4.78 is 11.1. The van der Waals surface area contributed by atoms with Gasteiger partial charge in [0, 0.05) is 24.7 Å². The Balaban J connectivity index is 1.78. The van der Waals surface area contributed by atoms with E-state index in [9.17, 15) is 5.11 Å². The number of phenols is 1. The predicted octanol–water partition coefficient (Wildman–Crippen LogP) is 3.37. The summed E-state index contributed by atoms with van der Waals surface area (Å²) in [7, 11) is 3.39. The van der Waals surface area contributed by atoms with Crippen molar-refractivity contribution in [2.24, 2.45) is 0 Å². The second-order valence-corrected chi connectivity index (χ2v) is 6.72. The van der Waals surface area contributed by atoms with Gasteiger partial charge in [-0.3, -0.25) is 4.90 Å². The summed E-state index contributed by atoms with van der Waals surface area (Å²) >= 11 is 0. The lowest BCUT2D eigenvalue weighted by Gasteiger charge is -2.42. The molecule has 2 aromatic rings. The molecule has 1 unspecified atom stereocenters. The fourth-order valence-corrected chi connectivity index (χ4v) is 4.14. The van der Waals surface area contributed by atoms with Gasteiger partial charge in [0.1, 0.15) is 5.75 Å². The molecule has 0 saturated carbocycles. The largest absolute Gasteiger partial charge is 0.508 e. The van der Waals surface area contributed by atoms with E-state index < -0.39 is 0 Å². The van der Waals surface area contributed by atoms with Gasteiger partial charge in [-0.15, -0.1) is 0 Å². The molecule has 0 aromatic heterocycles. The predicted molar refractivity (Wildman–Crippen MR) is 92.9 cm³/mol. The highest BCUT2D eigenvalue weighted by atomic mass is 16.5. The lowest BCUT2D eigenvalue weighted by molar-refractivity contribution is 0.157. The SMILES string of the molecule is COc1ccc2c(c1OC)CN1CCc3cc(O)c(C)cc3C1C2. The Bertz CT molecular complexity index is 800. The molecule has 126 valence electrons. The highest BCUT2D eigenvalue weighted by Crippen LogP contribution is 2.44. The molecule has 4 nitrogen and oxygen atoms in total. The zero-order valence-corrected chi connectivity index (χ0v) is 14.4. The summed E-state index contributed by atoms with van der Waals surface area (Å²) in [5.74, 6) is 2.07. The highest BCUT2D eigenvalue weighted by molar-refractivity contribution is 5.53. The van der Waals surface area contributed by atoms with Crippen LogP contribution < -0.4 is 9.47 Å². The van der Waals surface area contributed by atoms with Crippen molar-refractivity contribution in [3.8, 4) is 17.2 Å². The maximum atomic E-state index is 10.0. The lowest BCUT2D eigenvalue weighted by Crippen LogP contribution is -2.39. The van der Waals surface area contributed by atoms with E-state index in [1.165, 1.54) is 22.3 Å². The number of methoxy groups -OCH3 is 2. The molecule has 0 fully saturated rings. The van der Waals surface area contributed by atoms with Gasteiger partial charge in [-0.2, -0.15) is 0 Å². The first-order valence-corrected chi connectivity index (χ1v) is 8.41. The quantitative estimate of drug-likeness (QED) is 0.919. The molecular formula is C20H23NO3. The number of hydrogen-bond acceptors (Lipinski definition) is 4. The molecule has 1 N–H and O–H groups in total. The van der Waals surface area contributed by atoms with E-state index in [-0.39, 0.29) is 0 Å². The van der Waals surface area contributed by atoms with E-state index in [4.69, 9.17) is 9.47 Å². The van der Waals surface area contributed by atoms with Crippen molar-refractivity contribution in [3.63, 3.8) is 0 Å². The average molecular weight is 325 g/mol. The summed E-state index contributed by atoms with van der Waals surface area (Å²) in [5, 5.41) is 10.0. The van der Waals surface area contributed by atoms with Crippen LogP contribution in [0.4, 0.5) is 0 Å². The molecule has 2 aliphatic heterocycles. The molecule has 4 heteroatoms. The summed E-state index contributed by atoms with van der Waals surface area (Å²) in [6.45, 7) is 3.85. The van der Waals surface area contributed by atoms with Crippen LogP contribution in [0.2, 0.25) is 0 Å². The van der Waals surface area contributed by atoms with Gasteiger partial charge in [0.2, 0.25) is 0 Å². The third-order valence-corrected chi connectivity index (χ3v) is 5.45. The molecule has 0 radical (unpaired) electrons. The normalized spacial score (nSPS) is 19.2. The molecule has 0 bridgehead atoms. The maximum Gasteiger partial charge on any atom is 0.165 e. The summed E-state index contributed by atoms with van der Waals surface area (Å²) in [5.41, 5.74) is 6.16. The average Bonchev–Trinajstić information content (AvgIpc) is 2.60. The van der Waals surface area contributed by atoms with Gasteiger partial charge in [-0.05, 0) is 54.2 Å². The molecule has 24 heavy (non-hydrogen) atoms. The zero-order valence-electron chi connectivity index (χ0n) is 14.4. The monoisotopic (exact) mass is 325 g/mol. The van der Waals surface area contributed by atoms with E-state index in [1.54, 1.807) is 14.2 Å². The second-order valence-electron chi connectivity index (χ2n) is 6.72. The van der Waals surface area contributed by atoms with Gasteiger partial charge in [-0.25, -0.2) is 0 Å². The minimum Gasteiger partial charge on any atom is -0.508 e. The molecule has 2 aliphatic rings. The van der Waals surface area contributed by atoms with Gasteiger partial charge in [-0.1, -0.05) is 12.1 Å². The van der Waals surface area contributed by atoms with E-state index >= 15 is 0 Å². The minimum atomic E-state index is 0.374. The van der Waals surface area contributed by atoms with Crippen LogP contribution in [0.25, 0.3) is 0 Å². The molecular weight excluding hydrogens is 302 g/mol. The fourth-order valence-electron chi connectivity index (χ4n) is 4.14. The van der Waals surface area contributed by atoms with Crippen molar-refractivity contribution in [3.05, 3.63) is 52.1 Å². The molecule has 0 spiro atoms. The van der Waals surface area contributed by atoms with Crippen molar-refractivity contribution >= 4 is 0 Å². The Morgan fingerprint density at radius 3 is 2.71 bits per heavy atom. The lowest BCUT2D eigenvalue weighted by atomic mass is 9.83. The number of phenolic OH excluding ortho intramolecular Hbond substituents is 1. The van der Waals surface area contributed by atoms with Crippen LogP contribution >= 0.6 is 0 Å². The van der Waals surface area contributed by atoms with Crippen molar-refractivity contribution in [2.75, 3.05) is 20.8 Å². The van der Waals surface area contributed by atoms with Gasteiger partial charge in [0.15, 0.2) is 11.5 Å². The molecule has 4 rings (SSSR count). The van der Waals surface area contributed by atoms with Crippen LogP contribution in [0, 0.1) is 6.92 Å². The van der Waals surface area contributed by atoms with Gasteiger partial charge >= 0.3 is 0 Å². The van der Waals surface area contributed by atoms with Crippen molar-refractivity contribution in [1.29, 1.82) is 0 Å². The Morgan fingerprint density at radius 2 is 1.96 bits per heavy atom. The zero-order chi connectivity index (χ0) is 16.8. The van der Waals surface area contributed by atoms with Gasteiger partial charge in [0.05, 0.1) is 14.2 Å². The number of ether oxygens (including phenoxy) is 2. The number of rotatable bonds is 2. The van der Waals surface area contributed by atoms with Crippen LogP contribution in [0.3, 0.4) is 0 Å². The first-order chi connectivity index (χ1) is 11.6. The van der Waals surface area contributed by atoms with Crippen molar-refractivity contribution < 1.29 is 14.6 Å². The summed E-state index contributed by atoms with van der Waals surface area (Å²) in [4.78, 5) is 2.52. The van der Waals surface area contributed by atoms with E-state index in [2.05, 4.69) is 17.0 Å². The number of fused-ring (bicyclic) bond motifs is 4. The molecule has 0 amide bonds. The maximum absolute atomic E-state index is 10.0. The first-order valence-electron chi connectivity index (χ1n) is 8.41. The van der Waals surface area contributed by atoms with Crippen LogP contribution in [-0.4, -0.2) is 30.8 Å². The Morgan fingerprint density at radius 1 is 1.12 bits per heavy atom. The van der Waals surface area contributed by atoms with Crippen LogP contribution in [0.1, 0.15) is 33.9 Å². The van der Waals surface area contributed by atoms with E-state index in [0.29, 0.717) is 11.8 Å². The molecule has 0 aliphatic carbocycles. The number of aromatic hydroxyl groups is 1. The van der Waals surface area contributed by atoms with Gasteiger partial charge < -0.3 is 14.6 Å². The smallest absolute Gasteiger partial charge is 0.165 e. The van der Waals surface area contributed by atoms with Crippen LogP contribution in [0.5, 0.6) is 17.2 Å². The Kier molecular flexibility index (Phi) is 3.65. The molecule has 2 aromatic carbocycles. The number of aryl methyl sites for hydroxylation is 1. The van der Waals surface area contributed by atoms with Gasteiger partial charge in [0.25, 0.3) is 0 Å². The minimum absolute atomic E-state index is 0.374. The van der Waals surface area contributed by atoms with Crippen molar-refractivity contribution in [1.82, 2.24) is 4.90 Å². The van der Waals surface area contributed by atoms with Crippen molar-refractivity contribution in [2.45, 2.75) is 32.4 Å². The molecule has 2 heterocycles. The number of hydrogen-bond donors (Lipinski definition) is 1. The number of nitrogens with zero attached hydrogens (tertiary/aromatic N) is 1. The highest BCUT2D eigenvalue weighted by Gasteiger charge is 2.34. The fraction of sp³-hybridized carbons (Fsp3) is 0.400. The third kappa shape index (κ3) is 2.25. The summed E-state index contributed by atoms with van der Waals surface area (Å²) in [6, 6.07) is 8.65. The van der Waals surface area contributed by atoms with E-state index in [1.807, 2.05) is 19.1 Å². The Labute approximate surface area is 142 Å². The number of benzene rings is 2. The second kappa shape index (κ2) is 5.71. The first kappa shape index (κ1) is 15.3. The van der Waals surface area contributed by atoms with E-state index in [0.717, 1.165) is 43.0 Å². The molecule has 0 saturated heterocycles. The van der Waals surface area contributed by atoms with Crippen LogP contribution in [0.15, 0.2) is 24.3 Å². The third-order valence-electron chi connectivity index (χ3n) is 5.45. The summed E-state index contributed by atoms with van der Waals surface area (Å²) in [6.07, 6.45) is 1.94. The molecule has 1 atom stereocenters. The van der Waals surface area contributed by atoms with Crippen LogP contribution in [-0.2, 0) is 19.4 Å². The standard InChI is InChI=1S/C20H23NO3/c1-12-8-15-14(10-18(12)22)6-7-21-11-16-13(9-17(15)21)4-5-19(23-2)20(16)24-3/h4-5,8,10,17,22H,6-7,9,11H2,1-3H3. The Hall–Kier alpha value is -2.20. The topological polar surface area (TPSA) is 41.9 Å².